The van der Waals surface area contributed by atoms with Crippen LogP contribution in [0.4, 0.5) is 17.8 Å². The summed E-state index contributed by atoms with van der Waals surface area (Å²) in [6, 6.07) is 0. The molecule has 0 bridgehead atoms. The molecule has 13 heteroatoms. The fourth-order valence-electron chi connectivity index (χ4n) is 2.04. The number of rotatable bonds is 7. The van der Waals surface area contributed by atoms with Crippen LogP contribution in [0.15, 0.2) is 0 Å². The molecule has 1 fully saturated rings. The predicted octanol–water partition coefficient (Wildman–Crippen LogP) is 0.273. The van der Waals surface area contributed by atoms with Crippen LogP contribution in [-0.2, 0) is 4.74 Å². The highest BCUT2D eigenvalue weighted by Crippen LogP contribution is 2.13. The van der Waals surface area contributed by atoms with Gasteiger partial charge in [-0.3, -0.25) is 10.9 Å². The number of aromatic nitrogens is 7. The van der Waals surface area contributed by atoms with Crippen LogP contribution in [0.25, 0.3) is 0 Å². The molecule has 0 radical (unpaired) electrons. The lowest BCUT2D eigenvalue weighted by Gasteiger charge is -2.21. The third-order valence-corrected chi connectivity index (χ3v) is 3.44. The Morgan fingerprint density at radius 3 is 2.50 bits per heavy atom. The van der Waals surface area contributed by atoms with Crippen LogP contribution >= 0.6 is 11.6 Å². The maximum absolute atomic E-state index is 5.91. The van der Waals surface area contributed by atoms with E-state index in [4.69, 9.17) is 16.3 Å². The summed E-state index contributed by atoms with van der Waals surface area (Å²) in [5.74, 6) is 1.60. The lowest BCUT2D eigenvalue weighted by molar-refractivity contribution is 0.0208. The predicted molar refractivity (Wildman–Crippen MR) is 94.6 cm³/mol. The van der Waals surface area contributed by atoms with Crippen molar-refractivity contribution in [3.05, 3.63) is 11.1 Å². The Bertz CT molecular complexity index is 708. The van der Waals surface area contributed by atoms with Crippen molar-refractivity contribution in [3.63, 3.8) is 0 Å². The molecule has 0 spiro atoms. The van der Waals surface area contributed by atoms with Crippen LogP contribution < -0.4 is 21.5 Å². The Kier molecular flexibility index (Phi) is 6.20. The van der Waals surface area contributed by atoms with Crippen LogP contribution in [0, 0.1) is 5.92 Å². The van der Waals surface area contributed by atoms with Crippen molar-refractivity contribution in [2.75, 3.05) is 42.4 Å². The molecule has 2 aromatic rings. The Morgan fingerprint density at radius 2 is 1.81 bits per heavy atom. The van der Waals surface area contributed by atoms with E-state index in [1.54, 1.807) is 0 Å². The van der Waals surface area contributed by atoms with E-state index >= 15 is 0 Å². The average molecular weight is 382 g/mol. The van der Waals surface area contributed by atoms with Gasteiger partial charge in [0.05, 0.1) is 6.61 Å². The Morgan fingerprint density at radius 1 is 1.08 bits per heavy atom. The highest BCUT2D eigenvalue weighted by molar-refractivity contribution is 6.28. The van der Waals surface area contributed by atoms with Gasteiger partial charge in [0.2, 0.25) is 23.0 Å². The first-order chi connectivity index (χ1) is 12.6. The molecule has 26 heavy (non-hydrogen) atoms. The molecule has 0 saturated carbocycles. The molecule has 1 saturated heterocycles. The number of halogens is 1. The first-order valence-corrected chi connectivity index (χ1v) is 8.55. The minimum absolute atomic E-state index is 0.0602. The van der Waals surface area contributed by atoms with Crippen molar-refractivity contribution < 1.29 is 4.74 Å². The van der Waals surface area contributed by atoms with Gasteiger partial charge in [-0.25, -0.2) is 0 Å². The molecule has 3 heterocycles. The summed E-state index contributed by atoms with van der Waals surface area (Å²) in [5, 5.41) is 22.3. The molecule has 2 aromatic heterocycles. The number of morpholine rings is 1. The summed E-state index contributed by atoms with van der Waals surface area (Å²) in [6.07, 6.45) is -0.248. The van der Waals surface area contributed by atoms with Gasteiger partial charge in [-0.15, -0.1) is 20.4 Å². The number of ether oxygens (including phenoxy) is 1. The van der Waals surface area contributed by atoms with Crippen LogP contribution in [0.2, 0.25) is 5.28 Å². The zero-order chi connectivity index (χ0) is 18.4. The summed E-state index contributed by atoms with van der Waals surface area (Å²) >= 11 is 5.91. The normalized spacial score (nSPS) is 17.2. The molecule has 0 aromatic carbocycles. The molecular weight excluding hydrogens is 362 g/mol. The van der Waals surface area contributed by atoms with E-state index in [0.29, 0.717) is 37.4 Å². The summed E-state index contributed by atoms with van der Waals surface area (Å²) in [7, 11) is 0. The quantitative estimate of drug-likeness (QED) is 0.488. The maximum Gasteiger partial charge on any atom is 0.280 e. The topological polar surface area (TPSA) is 148 Å². The molecule has 0 aliphatic carbocycles. The Labute approximate surface area is 154 Å². The van der Waals surface area contributed by atoms with E-state index in [9.17, 15) is 0 Å². The molecule has 1 aliphatic heterocycles. The SMILES string of the molecule is CC(C)CNc1nc(Cl)nc(NNc2nnc(C3CNCCO3)nn2)n1. The van der Waals surface area contributed by atoms with Crippen LogP contribution in [-0.4, -0.2) is 61.6 Å². The smallest absolute Gasteiger partial charge is 0.280 e. The lowest BCUT2D eigenvalue weighted by Crippen LogP contribution is -2.34. The van der Waals surface area contributed by atoms with Gasteiger partial charge in [0.25, 0.3) is 5.95 Å². The number of hydrazine groups is 1. The highest BCUT2D eigenvalue weighted by atomic mass is 35.5. The van der Waals surface area contributed by atoms with E-state index in [0.717, 1.165) is 6.54 Å². The molecule has 4 N–H and O–H groups in total. The van der Waals surface area contributed by atoms with Crippen molar-refractivity contribution in [3.8, 4) is 0 Å². The number of nitrogens with zero attached hydrogens (tertiary/aromatic N) is 7. The second-order valence-corrected chi connectivity index (χ2v) is 6.26. The summed E-state index contributed by atoms with van der Waals surface area (Å²) in [5.41, 5.74) is 5.46. The fourth-order valence-corrected chi connectivity index (χ4v) is 2.20. The largest absolute Gasteiger partial charge is 0.367 e. The Balaban J connectivity index is 1.58. The summed E-state index contributed by atoms with van der Waals surface area (Å²) in [4.78, 5) is 12.2. The van der Waals surface area contributed by atoms with Gasteiger partial charge in [-0.05, 0) is 17.5 Å². The second kappa shape index (κ2) is 8.78. The molecule has 140 valence electrons. The van der Waals surface area contributed by atoms with Gasteiger partial charge >= 0.3 is 0 Å². The number of hydrogen-bond acceptors (Lipinski definition) is 12. The van der Waals surface area contributed by atoms with Crippen LogP contribution in [0.5, 0.6) is 0 Å². The molecule has 1 unspecified atom stereocenters. The minimum atomic E-state index is -0.248. The average Bonchev–Trinajstić information content (AvgIpc) is 2.65. The molecule has 1 atom stereocenters. The molecule has 1 aliphatic rings. The number of anilines is 3. The molecule has 3 rings (SSSR count). The van der Waals surface area contributed by atoms with Crippen molar-refractivity contribution in [2.45, 2.75) is 20.0 Å². The zero-order valence-electron chi connectivity index (χ0n) is 14.4. The monoisotopic (exact) mass is 381 g/mol. The van der Waals surface area contributed by atoms with E-state index in [2.05, 4.69) is 70.7 Å². The van der Waals surface area contributed by atoms with Crippen molar-refractivity contribution in [2.24, 2.45) is 5.92 Å². The number of nitrogens with one attached hydrogen (secondary N) is 4. The van der Waals surface area contributed by atoms with Crippen LogP contribution in [0.3, 0.4) is 0 Å². The van der Waals surface area contributed by atoms with E-state index in [1.165, 1.54) is 0 Å². The van der Waals surface area contributed by atoms with Crippen molar-refractivity contribution in [1.29, 1.82) is 0 Å². The second-order valence-electron chi connectivity index (χ2n) is 5.92. The zero-order valence-corrected chi connectivity index (χ0v) is 15.2. The van der Waals surface area contributed by atoms with Gasteiger partial charge in [0.1, 0.15) is 6.10 Å². The van der Waals surface area contributed by atoms with Crippen LogP contribution in [0.1, 0.15) is 25.8 Å². The van der Waals surface area contributed by atoms with Gasteiger partial charge in [0, 0.05) is 19.6 Å². The first kappa shape index (κ1) is 18.4. The van der Waals surface area contributed by atoms with E-state index in [-0.39, 0.29) is 23.3 Å². The lowest BCUT2D eigenvalue weighted by atomic mass is 10.2. The third kappa shape index (κ3) is 5.28. The first-order valence-electron chi connectivity index (χ1n) is 8.17. The summed E-state index contributed by atoms with van der Waals surface area (Å²) < 4.78 is 5.55. The standard InChI is InChI=1S/C13H20ClN11O/c1-7(2)5-16-11-17-10(14)18-12(19-11)22-25-13-23-20-9(21-24-13)8-6-15-3-4-26-8/h7-8,15H,3-6H2,1-2H3,(H,23,24,25)(H2,16,17,18,19,22). The maximum atomic E-state index is 5.91. The molecular formula is C13H20ClN11O. The highest BCUT2D eigenvalue weighted by Gasteiger charge is 2.19. The van der Waals surface area contributed by atoms with E-state index < -0.39 is 0 Å². The van der Waals surface area contributed by atoms with Gasteiger partial charge in [-0.1, -0.05) is 13.8 Å². The minimum Gasteiger partial charge on any atom is -0.367 e. The van der Waals surface area contributed by atoms with E-state index in [1.807, 2.05) is 0 Å². The Hall–Kier alpha value is -2.44. The third-order valence-electron chi connectivity index (χ3n) is 3.27. The summed E-state index contributed by atoms with van der Waals surface area (Å²) in [6.45, 7) is 6.90. The van der Waals surface area contributed by atoms with Crippen molar-refractivity contribution >= 4 is 29.4 Å². The fraction of sp³-hybridized carbons (Fsp3) is 0.615. The van der Waals surface area contributed by atoms with Crippen molar-refractivity contribution in [1.82, 2.24) is 40.7 Å². The van der Waals surface area contributed by atoms with Gasteiger partial charge in [0.15, 0.2) is 0 Å². The van der Waals surface area contributed by atoms with Gasteiger partial charge in [-0.2, -0.15) is 15.0 Å². The molecule has 12 nitrogen and oxygen atoms in total. The number of hydrogen-bond donors (Lipinski definition) is 4. The molecule has 0 amide bonds. The van der Waals surface area contributed by atoms with Gasteiger partial charge < -0.3 is 15.4 Å².